The summed E-state index contributed by atoms with van der Waals surface area (Å²) in [6, 6.07) is 26.4. The fourth-order valence-corrected chi connectivity index (χ4v) is 3.44. The average molecular weight is 407 g/mol. The van der Waals surface area contributed by atoms with Crippen LogP contribution in [0.15, 0.2) is 78.9 Å². The van der Waals surface area contributed by atoms with Gasteiger partial charge in [0.15, 0.2) is 5.11 Å². The first-order valence-corrected chi connectivity index (χ1v) is 9.97. The lowest BCUT2D eigenvalue weighted by atomic mass is 9.99. The van der Waals surface area contributed by atoms with Crippen LogP contribution in [0.25, 0.3) is 0 Å². The van der Waals surface area contributed by atoms with Gasteiger partial charge < -0.3 is 20.1 Å². The molecule has 29 heavy (non-hydrogen) atoms. The Hall–Kier alpha value is -3.05. The third kappa shape index (κ3) is 5.72. The maximum atomic E-state index is 5.58. The van der Waals surface area contributed by atoms with Crippen LogP contribution in [0.4, 0.5) is 0 Å². The molecule has 0 aromatic heterocycles. The van der Waals surface area contributed by atoms with E-state index in [1.807, 2.05) is 54.6 Å². The second-order valence-corrected chi connectivity index (χ2v) is 6.99. The fraction of sp³-hybridized carbons (Fsp3) is 0.208. The summed E-state index contributed by atoms with van der Waals surface area (Å²) < 4.78 is 10.8. The van der Waals surface area contributed by atoms with E-state index in [9.17, 15) is 0 Å². The Kier molecular flexibility index (Phi) is 7.47. The maximum absolute atomic E-state index is 5.58. The number of nitrogens with one attached hydrogen (secondary N) is 2. The molecule has 0 fully saturated rings. The van der Waals surface area contributed by atoms with Crippen LogP contribution in [-0.2, 0) is 6.42 Å². The zero-order valence-corrected chi connectivity index (χ0v) is 17.5. The highest BCUT2D eigenvalue weighted by molar-refractivity contribution is 7.80. The average Bonchev–Trinajstić information content (AvgIpc) is 2.78. The van der Waals surface area contributed by atoms with Gasteiger partial charge in [-0.15, -0.1) is 0 Å². The SMILES string of the molecule is COc1ccc(OC)c(CCNC(=S)NC(c2ccccc2)c2ccccc2)c1. The normalized spacial score (nSPS) is 10.4. The van der Waals surface area contributed by atoms with Gasteiger partial charge >= 0.3 is 0 Å². The number of hydrogen-bond donors (Lipinski definition) is 2. The van der Waals surface area contributed by atoms with Gasteiger partial charge in [0.1, 0.15) is 11.5 Å². The molecule has 0 aliphatic rings. The minimum Gasteiger partial charge on any atom is -0.497 e. The van der Waals surface area contributed by atoms with Crippen LogP contribution in [0, 0.1) is 0 Å². The van der Waals surface area contributed by atoms with E-state index in [1.54, 1.807) is 14.2 Å². The highest BCUT2D eigenvalue weighted by Gasteiger charge is 2.14. The first-order chi connectivity index (χ1) is 14.2. The number of methoxy groups -OCH3 is 2. The molecule has 0 saturated heterocycles. The Morgan fingerprint density at radius 1 is 0.862 bits per heavy atom. The monoisotopic (exact) mass is 406 g/mol. The maximum Gasteiger partial charge on any atom is 0.167 e. The zero-order valence-electron chi connectivity index (χ0n) is 16.7. The van der Waals surface area contributed by atoms with Gasteiger partial charge in [0.2, 0.25) is 0 Å². The van der Waals surface area contributed by atoms with Gasteiger partial charge in [-0.05, 0) is 53.5 Å². The van der Waals surface area contributed by atoms with Crippen molar-refractivity contribution in [1.29, 1.82) is 0 Å². The summed E-state index contributed by atoms with van der Waals surface area (Å²) in [7, 11) is 3.34. The van der Waals surface area contributed by atoms with Gasteiger partial charge in [-0.2, -0.15) is 0 Å². The first-order valence-electron chi connectivity index (χ1n) is 9.56. The Balaban J connectivity index is 1.64. The molecule has 2 N–H and O–H groups in total. The number of benzene rings is 3. The molecule has 3 aromatic rings. The first kappa shape index (κ1) is 20.7. The Morgan fingerprint density at radius 2 is 1.48 bits per heavy atom. The molecule has 0 aliphatic carbocycles. The van der Waals surface area contributed by atoms with Gasteiger partial charge in [0.25, 0.3) is 0 Å². The van der Waals surface area contributed by atoms with Crippen LogP contribution in [-0.4, -0.2) is 25.9 Å². The summed E-state index contributed by atoms with van der Waals surface area (Å²) in [5.41, 5.74) is 3.40. The third-order valence-corrected chi connectivity index (χ3v) is 4.97. The summed E-state index contributed by atoms with van der Waals surface area (Å²) in [4.78, 5) is 0. The van der Waals surface area contributed by atoms with Crippen LogP contribution in [0.5, 0.6) is 11.5 Å². The van der Waals surface area contributed by atoms with E-state index >= 15 is 0 Å². The van der Waals surface area contributed by atoms with Crippen molar-refractivity contribution in [1.82, 2.24) is 10.6 Å². The van der Waals surface area contributed by atoms with E-state index in [4.69, 9.17) is 21.7 Å². The van der Waals surface area contributed by atoms with Crippen LogP contribution < -0.4 is 20.1 Å². The minimum atomic E-state index is -0.0104. The van der Waals surface area contributed by atoms with Gasteiger partial charge in [-0.1, -0.05) is 60.7 Å². The topological polar surface area (TPSA) is 42.5 Å². The van der Waals surface area contributed by atoms with Gasteiger partial charge in [-0.25, -0.2) is 0 Å². The lowest BCUT2D eigenvalue weighted by Gasteiger charge is -2.22. The fourth-order valence-electron chi connectivity index (χ4n) is 3.22. The van der Waals surface area contributed by atoms with Crippen molar-refractivity contribution in [2.45, 2.75) is 12.5 Å². The van der Waals surface area contributed by atoms with Crippen LogP contribution in [0.2, 0.25) is 0 Å². The lowest BCUT2D eigenvalue weighted by molar-refractivity contribution is 0.398. The Bertz CT molecular complexity index is 877. The van der Waals surface area contributed by atoms with Crippen molar-refractivity contribution in [2.24, 2.45) is 0 Å². The van der Waals surface area contributed by atoms with Crippen molar-refractivity contribution in [3.8, 4) is 11.5 Å². The molecule has 5 heteroatoms. The van der Waals surface area contributed by atoms with Gasteiger partial charge in [0.05, 0.1) is 20.3 Å². The predicted octanol–water partition coefficient (Wildman–Crippen LogP) is 4.50. The molecule has 0 amide bonds. The highest BCUT2D eigenvalue weighted by atomic mass is 32.1. The van der Waals surface area contributed by atoms with Crippen molar-refractivity contribution in [3.05, 3.63) is 95.6 Å². The van der Waals surface area contributed by atoms with E-state index in [1.165, 1.54) is 0 Å². The minimum absolute atomic E-state index is 0.0104. The smallest absolute Gasteiger partial charge is 0.167 e. The number of hydrogen-bond acceptors (Lipinski definition) is 3. The third-order valence-electron chi connectivity index (χ3n) is 4.71. The summed E-state index contributed by atoms with van der Waals surface area (Å²) in [6.07, 6.45) is 0.767. The van der Waals surface area contributed by atoms with E-state index in [0.29, 0.717) is 11.7 Å². The molecule has 150 valence electrons. The molecule has 0 saturated carbocycles. The molecule has 0 aliphatic heterocycles. The molecule has 4 nitrogen and oxygen atoms in total. The van der Waals surface area contributed by atoms with E-state index in [2.05, 4.69) is 34.9 Å². The predicted molar refractivity (Wildman–Crippen MR) is 122 cm³/mol. The van der Waals surface area contributed by atoms with Crippen LogP contribution >= 0.6 is 12.2 Å². The molecule has 0 bridgehead atoms. The van der Waals surface area contributed by atoms with Crippen LogP contribution in [0.1, 0.15) is 22.7 Å². The van der Waals surface area contributed by atoms with Crippen LogP contribution in [0.3, 0.4) is 0 Å². The molecule has 0 heterocycles. The Morgan fingerprint density at radius 3 is 2.03 bits per heavy atom. The molecule has 3 aromatic carbocycles. The highest BCUT2D eigenvalue weighted by Crippen LogP contribution is 2.24. The number of thiocarbonyl (C=S) groups is 1. The van der Waals surface area contributed by atoms with Crippen molar-refractivity contribution >= 4 is 17.3 Å². The standard InChI is InChI=1S/C24H26N2O2S/c1-27-21-13-14-22(28-2)20(17-21)15-16-25-24(29)26-23(18-9-5-3-6-10-18)19-11-7-4-8-12-19/h3-14,17,23H,15-16H2,1-2H3,(H2,25,26,29). The summed E-state index contributed by atoms with van der Waals surface area (Å²) in [6.45, 7) is 0.686. The molecular weight excluding hydrogens is 380 g/mol. The molecule has 3 rings (SSSR count). The summed E-state index contributed by atoms with van der Waals surface area (Å²) >= 11 is 5.58. The molecule has 0 spiro atoms. The second kappa shape index (κ2) is 10.5. The molecule has 0 unspecified atom stereocenters. The summed E-state index contributed by atoms with van der Waals surface area (Å²) in [5, 5.41) is 7.38. The van der Waals surface area contributed by atoms with E-state index < -0.39 is 0 Å². The zero-order chi connectivity index (χ0) is 20.5. The molecule has 0 radical (unpaired) electrons. The largest absolute Gasteiger partial charge is 0.497 e. The van der Waals surface area contributed by atoms with Gasteiger partial charge in [-0.3, -0.25) is 0 Å². The van der Waals surface area contributed by atoms with Crippen molar-refractivity contribution < 1.29 is 9.47 Å². The number of ether oxygens (including phenoxy) is 2. The van der Waals surface area contributed by atoms with Gasteiger partial charge in [0, 0.05) is 6.54 Å². The number of rotatable bonds is 8. The molecular formula is C24H26N2O2S. The van der Waals surface area contributed by atoms with E-state index in [-0.39, 0.29) is 6.04 Å². The lowest BCUT2D eigenvalue weighted by Crippen LogP contribution is -2.39. The quantitative estimate of drug-likeness (QED) is 0.539. The molecule has 0 atom stereocenters. The van der Waals surface area contributed by atoms with Crippen molar-refractivity contribution in [3.63, 3.8) is 0 Å². The van der Waals surface area contributed by atoms with Crippen molar-refractivity contribution in [2.75, 3.05) is 20.8 Å². The summed E-state index contributed by atoms with van der Waals surface area (Å²) in [5.74, 6) is 1.66. The Labute approximate surface area is 177 Å². The van der Waals surface area contributed by atoms with E-state index in [0.717, 1.165) is 34.6 Å². The second-order valence-electron chi connectivity index (χ2n) is 6.58.